The normalized spacial score (nSPS) is 9.87. The van der Waals surface area contributed by atoms with E-state index >= 15 is 0 Å². The van der Waals surface area contributed by atoms with E-state index in [1.54, 1.807) is 6.07 Å². The van der Waals surface area contributed by atoms with Crippen molar-refractivity contribution in [3.63, 3.8) is 0 Å². The van der Waals surface area contributed by atoms with Crippen molar-refractivity contribution in [3.05, 3.63) is 27.2 Å². The monoisotopic (exact) mass is 290 g/mol. The third-order valence-electron chi connectivity index (χ3n) is 1.85. The van der Waals surface area contributed by atoms with Gasteiger partial charge in [-0.15, -0.1) is 0 Å². The molecule has 15 heavy (non-hydrogen) atoms. The van der Waals surface area contributed by atoms with Crippen LogP contribution in [-0.4, -0.2) is 12.6 Å². The molecule has 0 spiro atoms. The largest absolute Gasteiger partial charge is 0.338 e. The maximum absolute atomic E-state index is 11.3. The Morgan fingerprint density at radius 2 is 2.20 bits per heavy atom. The van der Waals surface area contributed by atoms with Crippen LogP contribution in [0.15, 0.2) is 16.6 Å². The highest BCUT2D eigenvalue weighted by molar-refractivity contribution is 9.10. The zero-order chi connectivity index (χ0) is 11.4. The predicted molar refractivity (Wildman–Crippen MR) is 66.6 cm³/mol. The first kappa shape index (κ1) is 12.3. The molecule has 0 aromatic heterocycles. The first-order valence-corrected chi connectivity index (χ1v) is 5.72. The number of anilines is 1. The molecule has 82 valence electrons. The van der Waals surface area contributed by atoms with Crippen LogP contribution in [-0.2, 0) is 0 Å². The summed E-state index contributed by atoms with van der Waals surface area (Å²) in [7, 11) is 0. The molecule has 5 heteroatoms. The van der Waals surface area contributed by atoms with Gasteiger partial charge in [-0.2, -0.15) is 0 Å². The van der Waals surface area contributed by atoms with Crippen molar-refractivity contribution >= 4 is 39.2 Å². The molecule has 0 radical (unpaired) electrons. The molecule has 1 rings (SSSR count). The zero-order valence-corrected chi connectivity index (χ0v) is 10.9. The molecule has 0 fully saturated rings. The highest BCUT2D eigenvalue weighted by Gasteiger charge is 2.06. The van der Waals surface area contributed by atoms with Crippen molar-refractivity contribution in [2.45, 2.75) is 13.8 Å². The van der Waals surface area contributed by atoms with Crippen LogP contribution >= 0.6 is 27.5 Å². The molecule has 1 aromatic carbocycles. The summed E-state index contributed by atoms with van der Waals surface area (Å²) in [4.78, 5) is 11.3. The molecule has 0 saturated carbocycles. The van der Waals surface area contributed by atoms with Crippen molar-refractivity contribution < 1.29 is 4.79 Å². The van der Waals surface area contributed by atoms with E-state index in [2.05, 4.69) is 26.6 Å². The Balaban J connectivity index is 2.86. The Morgan fingerprint density at radius 1 is 1.53 bits per heavy atom. The Kier molecular flexibility index (Phi) is 4.42. The van der Waals surface area contributed by atoms with Gasteiger partial charge >= 0.3 is 6.03 Å². The van der Waals surface area contributed by atoms with Gasteiger partial charge in [0.15, 0.2) is 0 Å². The predicted octanol–water partition coefficient (Wildman–Crippen LogP) is 3.55. The molecule has 3 nitrogen and oxygen atoms in total. The number of rotatable bonds is 2. The van der Waals surface area contributed by atoms with Crippen molar-refractivity contribution in [1.29, 1.82) is 0 Å². The molecular weight excluding hydrogens is 279 g/mol. The van der Waals surface area contributed by atoms with Crippen LogP contribution in [0.25, 0.3) is 0 Å². The first-order chi connectivity index (χ1) is 7.04. The molecule has 2 N–H and O–H groups in total. The summed E-state index contributed by atoms with van der Waals surface area (Å²) >= 11 is 9.24. The maximum atomic E-state index is 11.3. The van der Waals surface area contributed by atoms with Crippen molar-refractivity contribution in [3.8, 4) is 0 Å². The molecular formula is C10H12BrClN2O. The van der Waals surface area contributed by atoms with Gasteiger partial charge in [0.05, 0.1) is 5.02 Å². The van der Waals surface area contributed by atoms with E-state index in [4.69, 9.17) is 11.6 Å². The molecule has 0 aliphatic rings. The van der Waals surface area contributed by atoms with E-state index in [1.807, 2.05) is 19.9 Å². The van der Waals surface area contributed by atoms with Crippen molar-refractivity contribution in [2.75, 3.05) is 11.9 Å². The lowest BCUT2D eigenvalue weighted by Crippen LogP contribution is -2.28. The van der Waals surface area contributed by atoms with E-state index < -0.39 is 0 Å². The minimum atomic E-state index is -0.223. The number of nitrogens with one attached hydrogen (secondary N) is 2. The number of hydrogen-bond acceptors (Lipinski definition) is 1. The minimum Gasteiger partial charge on any atom is -0.338 e. The van der Waals surface area contributed by atoms with Crippen LogP contribution < -0.4 is 10.6 Å². The fourth-order valence-electron chi connectivity index (χ4n) is 1.11. The summed E-state index contributed by atoms with van der Waals surface area (Å²) in [5.41, 5.74) is 1.67. The molecule has 0 bridgehead atoms. The SMILES string of the molecule is CCNC(=O)Nc1cc(Cl)c(Br)cc1C. The minimum absolute atomic E-state index is 0.223. The molecule has 0 saturated heterocycles. The van der Waals surface area contributed by atoms with E-state index in [-0.39, 0.29) is 6.03 Å². The van der Waals surface area contributed by atoms with Gasteiger partial charge in [0.25, 0.3) is 0 Å². The highest BCUT2D eigenvalue weighted by Crippen LogP contribution is 2.28. The lowest BCUT2D eigenvalue weighted by molar-refractivity contribution is 0.252. The average molecular weight is 292 g/mol. The Labute approximate surface area is 102 Å². The smallest absolute Gasteiger partial charge is 0.319 e. The van der Waals surface area contributed by atoms with Crippen LogP contribution in [0.2, 0.25) is 5.02 Å². The second kappa shape index (κ2) is 5.37. The van der Waals surface area contributed by atoms with Gasteiger partial charge < -0.3 is 10.6 Å². The molecule has 0 heterocycles. The number of urea groups is 1. The van der Waals surface area contributed by atoms with Crippen LogP contribution in [0.4, 0.5) is 10.5 Å². The summed E-state index contributed by atoms with van der Waals surface area (Å²) in [6.45, 7) is 4.36. The van der Waals surface area contributed by atoms with E-state index in [1.165, 1.54) is 0 Å². The number of carbonyl (C=O) groups excluding carboxylic acids is 1. The van der Waals surface area contributed by atoms with Gasteiger partial charge in [0, 0.05) is 16.7 Å². The molecule has 0 atom stereocenters. The van der Waals surface area contributed by atoms with Crippen molar-refractivity contribution in [1.82, 2.24) is 5.32 Å². The number of benzene rings is 1. The number of halogens is 2. The van der Waals surface area contributed by atoms with Gasteiger partial charge in [-0.25, -0.2) is 4.79 Å². The quantitative estimate of drug-likeness (QED) is 0.859. The zero-order valence-electron chi connectivity index (χ0n) is 8.53. The van der Waals surface area contributed by atoms with E-state index in [0.717, 1.165) is 10.0 Å². The summed E-state index contributed by atoms with van der Waals surface area (Å²) in [6, 6.07) is 3.36. The fraction of sp³-hybridized carbons (Fsp3) is 0.300. The molecule has 2 amide bonds. The Morgan fingerprint density at radius 3 is 2.80 bits per heavy atom. The highest BCUT2D eigenvalue weighted by atomic mass is 79.9. The Bertz CT molecular complexity index is 382. The topological polar surface area (TPSA) is 41.1 Å². The fourth-order valence-corrected chi connectivity index (χ4v) is 1.73. The molecule has 0 unspecified atom stereocenters. The lowest BCUT2D eigenvalue weighted by Gasteiger charge is -2.10. The summed E-state index contributed by atoms with van der Waals surface area (Å²) < 4.78 is 0.822. The van der Waals surface area contributed by atoms with Crippen LogP contribution in [0.5, 0.6) is 0 Å². The first-order valence-electron chi connectivity index (χ1n) is 4.55. The third kappa shape index (κ3) is 3.39. The standard InChI is InChI=1S/C10H12BrClN2O/c1-3-13-10(15)14-9-5-8(12)7(11)4-6(9)2/h4-5H,3H2,1-2H3,(H2,13,14,15). The van der Waals surface area contributed by atoms with E-state index in [0.29, 0.717) is 17.3 Å². The second-order valence-corrected chi connectivity index (χ2v) is 4.33. The summed E-state index contributed by atoms with van der Waals surface area (Å²) in [5.74, 6) is 0. The summed E-state index contributed by atoms with van der Waals surface area (Å²) in [5, 5.41) is 5.95. The van der Waals surface area contributed by atoms with Crippen LogP contribution in [0.1, 0.15) is 12.5 Å². The average Bonchev–Trinajstić information content (AvgIpc) is 2.14. The maximum Gasteiger partial charge on any atom is 0.319 e. The Hall–Kier alpha value is -0.740. The van der Waals surface area contributed by atoms with Crippen LogP contribution in [0.3, 0.4) is 0 Å². The van der Waals surface area contributed by atoms with Gasteiger partial charge in [0.2, 0.25) is 0 Å². The molecule has 0 aliphatic carbocycles. The number of aryl methyl sites for hydroxylation is 1. The number of carbonyl (C=O) groups is 1. The lowest BCUT2D eigenvalue weighted by atomic mass is 10.2. The summed E-state index contributed by atoms with van der Waals surface area (Å²) in [6.07, 6.45) is 0. The van der Waals surface area contributed by atoms with Crippen molar-refractivity contribution in [2.24, 2.45) is 0 Å². The van der Waals surface area contributed by atoms with Gasteiger partial charge in [-0.05, 0) is 47.5 Å². The number of amides is 2. The van der Waals surface area contributed by atoms with Gasteiger partial charge in [-0.3, -0.25) is 0 Å². The molecule has 0 aliphatic heterocycles. The van der Waals surface area contributed by atoms with Crippen LogP contribution in [0, 0.1) is 6.92 Å². The van der Waals surface area contributed by atoms with E-state index in [9.17, 15) is 4.79 Å². The van der Waals surface area contributed by atoms with Gasteiger partial charge in [-0.1, -0.05) is 11.6 Å². The third-order valence-corrected chi connectivity index (χ3v) is 3.05. The van der Waals surface area contributed by atoms with Gasteiger partial charge in [0.1, 0.15) is 0 Å². The number of hydrogen-bond donors (Lipinski definition) is 2. The second-order valence-electron chi connectivity index (χ2n) is 3.07. The molecule has 1 aromatic rings.